The van der Waals surface area contributed by atoms with Gasteiger partial charge in [0.25, 0.3) is 0 Å². The van der Waals surface area contributed by atoms with Gasteiger partial charge < -0.3 is 14.9 Å². The number of ether oxygens (including phenoxy) is 1. The lowest BCUT2D eigenvalue weighted by Gasteiger charge is -2.24. The van der Waals surface area contributed by atoms with Crippen molar-refractivity contribution in [2.75, 3.05) is 0 Å². The van der Waals surface area contributed by atoms with E-state index in [0.29, 0.717) is 0 Å². The summed E-state index contributed by atoms with van der Waals surface area (Å²) in [4.78, 5) is 4.68. The lowest BCUT2D eigenvalue weighted by atomic mass is 9.85. The van der Waals surface area contributed by atoms with Gasteiger partial charge in [-0.05, 0) is 29.3 Å². The molecule has 3 aromatic rings. The second-order valence-electron chi connectivity index (χ2n) is 5.77. The fourth-order valence-electron chi connectivity index (χ4n) is 3.44. The number of pyridine rings is 1. The van der Waals surface area contributed by atoms with Crippen molar-refractivity contribution in [3.63, 3.8) is 0 Å². The number of para-hydroxylation sites is 1. The van der Waals surface area contributed by atoms with Crippen molar-refractivity contribution in [3.8, 4) is 0 Å². The van der Waals surface area contributed by atoms with E-state index in [9.17, 15) is 10.2 Å². The van der Waals surface area contributed by atoms with Crippen LogP contribution in [0.4, 0.5) is 0 Å². The Kier molecular flexibility index (Phi) is 2.10. The van der Waals surface area contributed by atoms with E-state index in [-0.39, 0.29) is 12.2 Å². The zero-order valence-electron chi connectivity index (χ0n) is 11.1. The maximum absolute atomic E-state index is 10.2. The highest BCUT2D eigenvalue weighted by atomic mass is 16.6. The van der Waals surface area contributed by atoms with E-state index in [4.69, 9.17) is 4.74 Å². The molecular formula is C17H13NO3. The summed E-state index contributed by atoms with van der Waals surface area (Å²) in [5.74, 6) is 0. The molecule has 0 saturated carbocycles. The molecule has 1 fully saturated rings. The van der Waals surface area contributed by atoms with E-state index in [1.165, 1.54) is 0 Å². The Morgan fingerprint density at radius 3 is 2.76 bits per heavy atom. The number of benzene rings is 2. The first-order valence-electron chi connectivity index (χ1n) is 7.08. The fraction of sp³-hybridized carbons (Fsp3) is 0.235. The van der Waals surface area contributed by atoms with Crippen LogP contribution < -0.4 is 0 Å². The van der Waals surface area contributed by atoms with Gasteiger partial charge in [0.15, 0.2) is 0 Å². The lowest BCUT2D eigenvalue weighted by molar-refractivity contribution is 0.000104. The maximum atomic E-state index is 10.2. The van der Waals surface area contributed by atoms with Crippen LogP contribution in [0.5, 0.6) is 0 Å². The minimum atomic E-state index is -0.889. The predicted molar refractivity (Wildman–Crippen MR) is 77.8 cm³/mol. The van der Waals surface area contributed by atoms with Gasteiger partial charge in [-0.1, -0.05) is 24.3 Å². The molecule has 4 atom stereocenters. The highest BCUT2D eigenvalue weighted by Gasteiger charge is 2.54. The molecule has 0 bridgehead atoms. The van der Waals surface area contributed by atoms with E-state index in [1.807, 2.05) is 36.4 Å². The number of nitrogens with zero attached hydrogens (tertiary/aromatic N) is 1. The summed E-state index contributed by atoms with van der Waals surface area (Å²) in [6.45, 7) is 0. The number of epoxide rings is 1. The van der Waals surface area contributed by atoms with Crippen molar-refractivity contribution in [1.82, 2.24) is 4.98 Å². The Morgan fingerprint density at radius 2 is 1.86 bits per heavy atom. The smallest absolute Gasteiger partial charge is 0.118 e. The number of hydrogen-bond donors (Lipinski definition) is 2. The van der Waals surface area contributed by atoms with Crippen molar-refractivity contribution in [2.24, 2.45) is 0 Å². The number of fused-ring (bicyclic) bond motifs is 6. The molecule has 1 aromatic heterocycles. The third-order valence-corrected chi connectivity index (χ3v) is 4.56. The summed E-state index contributed by atoms with van der Waals surface area (Å²) >= 11 is 0. The second-order valence-corrected chi connectivity index (χ2v) is 5.77. The van der Waals surface area contributed by atoms with E-state index in [2.05, 4.69) is 11.1 Å². The van der Waals surface area contributed by atoms with Gasteiger partial charge in [-0.25, -0.2) is 4.98 Å². The molecule has 104 valence electrons. The topological polar surface area (TPSA) is 65.9 Å². The van der Waals surface area contributed by atoms with Crippen molar-refractivity contribution < 1.29 is 14.9 Å². The molecule has 0 radical (unpaired) electrons. The molecule has 2 aliphatic rings. The summed E-state index contributed by atoms with van der Waals surface area (Å²) in [7, 11) is 0. The molecule has 5 rings (SSSR count). The van der Waals surface area contributed by atoms with Gasteiger partial charge in [0.05, 0.1) is 11.0 Å². The van der Waals surface area contributed by atoms with Gasteiger partial charge in [0, 0.05) is 10.8 Å². The van der Waals surface area contributed by atoms with Gasteiger partial charge in [-0.15, -0.1) is 0 Å². The fourth-order valence-corrected chi connectivity index (χ4v) is 3.44. The van der Waals surface area contributed by atoms with Crippen LogP contribution in [0.2, 0.25) is 0 Å². The van der Waals surface area contributed by atoms with Crippen LogP contribution in [0.3, 0.4) is 0 Å². The molecule has 4 heteroatoms. The summed E-state index contributed by atoms with van der Waals surface area (Å²) < 4.78 is 5.57. The lowest BCUT2D eigenvalue weighted by Crippen LogP contribution is -2.29. The summed E-state index contributed by atoms with van der Waals surface area (Å²) in [6.07, 6.45) is -2.14. The van der Waals surface area contributed by atoms with Crippen LogP contribution in [-0.4, -0.2) is 27.4 Å². The molecule has 4 nitrogen and oxygen atoms in total. The molecule has 2 aromatic carbocycles. The highest BCUT2D eigenvalue weighted by Crippen LogP contribution is 2.52. The Bertz CT molecular complexity index is 892. The third kappa shape index (κ3) is 1.47. The van der Waals surface area contributed by atoms with Gasteiger partial charge in [0.2, 0.25) is 0 Å². The Hall–Kier alpha value is -2.01. The zero-order chi connectivity index (χ0) is 14.1. The maximum Gasteiger partial charge on any atom is 0.118 e. The minimum Gasteiger partial charge on any atom is -0.387 e. The van der Waals surface area contributed by atoms with Crippen molar-refractivity contribution in [1.29, 1.82) is 0 Å². The van der Waals surface area contributed by atoms with Crippen LogP contribution in [-0.2, 0) is 4.74 Å². The summed E-state index contributed by atoms with van der Waals surface area (Å²) in [6, 6.07) is 13.8. The van der Waals surface area contributed by atoms with Crippen LogP contribution in [0.1, 0.15) is 23.3 Å². The Morgan fingerprint density at radius 1 is 1.00 bits per heavy atom. The first kappa shape index (κ1) is 11.6. The summed E-state index contributed by atoms with van der Waals surface area (Å²) in [5.41, 5.74) is 3.58. The van der Waals surface area contributed by atoms with Crippen molar-refractivity contribution in [3.05, 3.63) is 53.6 Å². The van der Waals surface area contributed by atoms with Crippen LogP contribution in [0.25, 0.3) is 21.8 Å². The first-order chi connectivity index (χ1) is 10.2. The zero-order valence-corrected chi connectivity index (χ0v) is 11.1. The standard InChI is InChI=1S/C17H13NO3/c19-14-9-5-6-12-10(13(9)16-17(21-16)15(14)20)7-8-3-1-2-4-11(8)18-12/h1-7,14-17,19-20H. The van der Waals surface area contributed by atoms with Crippen molar-refractivity contribution in [2.45, 2.75) is 24.4 Å². The van der Waals surface area contributed by atoms with E-state index in [0.717, 1.165) is 32.9 Å². The summed E-state index contributed by atoms with van der Waals surface area (Å²) in [5, 5.41) is 22.3. The first-order valence-corrected chi connectivity index (χ1v) is 7.08. The molecule has 1 saturated heterocycles. The van der Waals surface area contributed by atoms with E-state index in [1.54, 1.807) is 0 Å². The van der Waals surface area contributed by atoms with Crippen LogP contribution in [0, 0.1) is 0 Å². The number of aliphatic hydroxyl groups is 2. The molecule has 21 heavy (non-hydrogen) atoms. The number of aromatic nitrogens is 1. The van der Waals surface area contributed by atoms with Crippen LogP contribution >= 0.6 is 0 Å². The van der Waals surface area contributed by atoms with Gasteiger partial charge in [-0.2, -0.15) is 0 Å². The molecule has 0 spiro atoms. The molecule has 1 aliphatic heterocycles. The van der Waals surface area contributed by atoms with Gasteiger partial charge >= 0.3 is 0 Å². The molecular weight excluding hydrogens is 266 g/mol. The van der Waals surface area contributed by atoms with Crippen molar-refractivity contribution >= 4 is 21.8 Å². The SMILES string of the molecule is OC1c2ccc3nc4ccccc4cc3c2C2OC2C1O. The number of hydrogen-bond acceptors (Lipinski definition) is 4. The van der Waals surface area contributed by atoms with Gasteiger partial charge in [-0.3, -0.25) is 0 Å². The molecule has 2 heterocycles. The average Bonchev–Trinajstić information content (AvgIpc) is 3.30. The van der Waals surface area contributed by atoms with E-state index < -0.39 is 12.2 Å². The predicted octanol–water partition coefficient (Wildman–Crippen LogP) is 2.24. The molecule has 0 amide bonds. The largest absolute Gasteiger partial charge is 0.387 e. The average molecular weight is 279 g/mol. The normalized spacial score (nSPS) is 30.2. The quantitative estimate of drug-likeness (QED) is 0.489. The highest BCUT2D eigenvalue weighted by molar-refractivity contribution is 5.95. The Balaban J connectivity index is 1.87. The number of aliphatic hydroxyl groups excluding tert-OH is 2. The third-order valence-electron chi connectivity index (χ3n) is 4.56. The Labute approximate surface area is 120 Å². The number of rotatable bonds is 0. The molecule has 2 N–H and O–H groups in total. The molecule has 1 aliphatic carbocycles. The monoisotopic (exact) mass is 279 g/mol. The molecule has 4 unspecified atom stereocenters. The van der Waals surface area contributed by atoms with E-state index >= 15 is 0 Å². The minimum absolute atomic E-state index is 0.120. The van der Waals surface area contributed by atoms with Gasteiger partial charge in [0.1, 0.15) is 24.4 Å². The van der Waals surface area contributed by atoms with Crippen LogP contribution in [0.15, 0.2) is 42.5 Å². The second kappa shape index (κ2) is 3.80.